The number of imide groups is 1. The molecule has 1 aromatic heterocycles. The van der Waals surface area contributed by atoms with Crippen LogP contribution in [-0.2, 0) is 29.3 Å². The number of hydrogen-bond donors (Lipinski definition) is 2. The topological polar surface area (TPSA) is 128 Å². The molecule has 2 N–H and O–H groups in total. The predicted molar refractivity (Wildman–Crippen MR) is 214 cm³/mol. The number of fused-ring (bicyclic) bond motifs is 1. The fraction of sp³-hybridized carbons (Fsp3) is 0.267. The Hall–Kier alpha value is -6.33. The molecule has 0 radical (unpaired) electrons. The second kappa shape index (κ2) is 16.2. The molecule has 2 fully saturated rings. The van der Waals surface area contributed by atoms with Crippen LogP contribution in [0.2, 0.25) is 0 Å². The Morgan fingerprint density at radius 1 is 0.804 bits per heavy atom. The van der Waals surface area contributed by atoms with Gasteiger partial charge in [-0.1, -0.05) is 61.5 Å². The number of piperidine rings is 1. The quantitative estimate of drug-likeness (QED) is 0.120. The van der Waals surface area contributed by atoms with Gasteiger partial charge in [0.15, 0.2) is 0 Å². The molecule has 1 atom stereocenters. The van der Waals surface area contributed by atoms with Crippen molar-refractivity contribution in [3.63, 3.8) is 0 Å². The Morgan fingerprint density at radius 2 is 1.50 bits per heavy atom. The molecule has 0 saturated carbocycles. The summed E-state index contributed by atoms with van der Waals surface area (Å²) in [6, 6.07) is 35.2. The summed E-state index contributed by atoms with van der Waals surface area (Å²) in [5, 5.41) is 21.3. The lowest BCUT2D eigenvalue weighted by molar-refractivity contribution is -0.136. The number of hydrogen-bond acceptors (Lipinski definition) is 9. The highest BCUT2D eigenvalue weighted by Crippen LogP contribution is 2.36. The molecular formula is C45H44N6O5. The number of aromatic nitrogens is 2. The molecule has 8 rings (SSSR count). The van der Waals surface area contributed by atoms with E-state index >= 15 is 0 Å². The number of nitrogens with one attached hydrogen (secondary N) is 1. The van der Waals surface area contributed by atoms with Crippen molar-refractivity contribution in [1.29, 1.82) is 0 Å². The van der Waals surface area contributed by atoms with E-state index in [9.17, 15) is 19.5 Å². The van der Waals surface area contributed by atoms with E-state index in [1.807, 2.05) is 54.6 Å². The predicted octanol–water partition coefficient (Wildman–Crippen LogP) is 6.21. The van der Waals surface area contributed by atoms with Gasteiger partial charge in [0.2, 0.25) is 11.8 Å². The Morgan fingerprint density at radius 3 is 2.18 bits per heavy atom. The number of carbonyl (C=O) groups excluding carboxylic acids is 3. The van der Waals surface area contributed by atoms with Crippen molar-refractivity contribution in [2.45, 2.75) is 51.9 Å². The van der Waals surface area contributed by atoms with Crippen LogP contribution in [0.1, 0.15) is 70.2 Å². The van der Waals surface area contributed by atoms with E-state index in [1.165, 1.54) is 11.1 Å². The standard InChI is InChI=1S/C45H44N6O5/c1-2-39(30-6-4-3-5-7-30)43(31-8-15-37(52)16-9-31)32-10-17-38(18-11-32)56-29-35-13-12-34(47-48-35)28-49-22-24-50(25-23-49)36-14-19-40-33(26-36)27-51(45(40)55)41-20-21-42(53)46-44(41)54/h3-19,26,41,52H,2,20-25,27-29H2,1H3,(H,46,53,54)/b43-39-. The normalized spacial score (nSPS) is 17.7. The Kier molecular flexibility index (Phi) is 10.6. The average Bonchev–Trinajstić information content (AvgIpc) is 3.55. The van der Waals surface area contributed by atoms with Gasteiger partial charge in [0, 0.05) is 56.9 Å². The number of amides is 3. The third-order valence-corrected chi connectivity index (χ3v) is 10.9. The van der Waals surface area contributed by atoms with Crippen molar-refractivity contribution in [1.82, 2.24) is 25.3 Å². The molecule has 1 unspecified atom stereocenters. The number of aromatic hydroxyl groups is 1. The first-order valence-corrected chi connectivity index (χ1v) is 19.2. The van der Waals surface area contributed by atoms with Crippen LogP contribution in [-0.4, -0.2) is 75.0 Å². The first kappa shape index (κ1) is 36.6. The monoisotopic (exact) mass is 748 g/mol. The van der Waals surface area contributed by atoms with Crippen LogP contribution < -0.4 is 15.0 Å². The summed E-state index contributed by atoms with van der Waals surface area (Å²) in [5.74, 6) is 0.139. The summed E-state index contributed by atoms with van der Waals surface area (Å²) < 4.78 is 6.12. The van der Waals surface area contributed by atoms with Crippen molar-refractivity contribution in [3.05, 3.63) is 148 Å². The zero-order valence-electron chi connectivity index (χ0n) is 31.4. The third-order valence-electron chi connectivity index (χ3n) is 10.9. The molecule has 284 valence electrons. The maximum Gasteiger partial charge on any atom is 0.255 e. The summed E-state index contributed by atoms with van der Waals surface area (Å²) in [4.78, 5) is 43.4. The lowest BCUT2D eigenvalue weighted by atomic mass is 9.88. The molecule has 2 saturated heterocycles. The Balaban J connectivity index is 0.845. The third kappa shape index (κ3) is 7.90. The lowest BCUT2D eigenvalue weighted by Gasteiger charge is -2.36. The highest BCUT2D eigenvalue weighted by atomic mass is 16.5. The fourth-order valence-corrected chi connectivity index (χ4v) is 7.88. The van der Waals surface area contributed by atoms with Crippen molar-refractivity contribution < 1.29 is 24.2 Å². The Bertz CT molecular complexity index is 2250. The highest BCUT2D eigenvalue weighted by molar-refractivity contribution is 6.05. The molecule has 0 spiro atoms. The summed E-state index contributed by atoms with van der Waals surface area (Å²) in [6.07, 6.45) is 1.44. The first-order valence-electron chi connectivity index (χ1n) is 19.2. The van der Waals surface area contributed by atoms with Crippen LogP contribution >= 0.6 is 0 Å². The number of ether oxygens (including phenoxy) is 1. The van der Waals surface area contributed by atoms with Crippen LogP contribution in [0.5, 0.6) is 11.5 Å². The number of carbonyl (C=O) groups is 3. The molecule has 3 amide bonds. The van der Waals surface area contributed by atoms with E-state index in [2.05, 4.69) is 74.7 Å². The van der Waals surface area contributed by atoms with Crippen LogP contribution in [0.4, 0.5) is 5.69 Å². The van der Waals surface area contributed by atoms with Gasteiger partial charge in [0.05, 0.1) is 5.69 Å². The van der Waals surface area contributed by atoms with Gasteiger partial charge in [0.1, 0.15) is 29.8 Å². The average molecular weight is 749 g/mol. The van der Waals surface area contributed by atoms with Gasteiger partial charge in [-0.3, -0.25) is 24.6 Å². The van der Waals surface area contributed by atoms with E-state index < -0.39 is 11.9 Å². The summed E-state index contributed by atoms with van der Waals surface area (Å²) in [7, 11) is 0. The molecular weight excluding hydrogens is 705 g/mol. The second-order valence-corrected chi connectivity index (χ2v) is 14.5. The summed E-state index contributed by atoms with van der Waals surface area (Å²) >= 11 is 0. The van der Waals surface area contributed by atoms with E-state index in [4.69, 9.17) is 4.74 Å². The van der Waals surface area contributed by atoms with Gasteiger partial charge in [-0.05, 0) is 101 Å². The van der Waals surface area contributed by atoms with Crippen LogP contribution in [0.3, 0.4) is 0 Å². The van der Waals surface area contributed by atoms with Crippen LogP contribution in [0.15, 0.2) is 109 Å². The van der Waals surface area contributed by atoms with Gasteiger partial charge >= 0.3 is 0 Å². The minimum Gasteiger partial charge on any atom is -0.508 e. The molecule has 56 heavy (non-hydrogen) atoms. The van der Waals surface area contributed by atoms with E-state index in [0.29, 0.717) is 31.7 Å². The second-order valence-electron chi connectivity index (χ2n) is 14.5. The van der Waals surface area contributed by atoms with E-state index in [1.54, 1.807) is 17.0 Å². The SMILES string of the molecule is CC/C(=C(\c1ccc(O)cc1)c1ccc(OCc2ccc(CN3CCN(c4ccc5c(c4)CN(C4CCC(=O)NC4=O)C5=O)CC3)nn2)cc1)c1ccccc1. The number of allylic oxidation sites excluding steroid dienone is 1. The Labute approximate surface area is 326 Å². The van der Waals surface area contributed by atoms with Gasteiger partial charge in [-0.2, -0.15) is 10.2 Å². The van der Waals surface area contributed by atoms with Crippen LogP contribution in [0, 0.1) is 0 Å². The molecule has 4 heterocycles. The number of piperazine rings is 1. The van der Waals surface area contributed by atoms with Gasteiger partial charge in [-0.15, -0.1) is 0 Å². The molecule has 3 aliphatic rings. The van der Waals surface area contributed by atoms with Gasteiger partial charge in [-0.25, -0.2) is 0 Å². The maximum atomic E-state index is 13.1. The van der Waals surface area contributed by atoms with E-state index in [-0.39, 0.29) is 24.0 Å². The minimum absolute atomic E-state index is 0.155. The number of rotatable bonds is 11. The fourth-order valence-electron chi connectivity index (χ4n) is 7.88. The van der Waals surface area contributed by atoms with E-state index in [0.717, 1.165) is 77.7 Å². The number of anilines is 1. The molecule has 3 aliphatic heterocycles. The number of benzene rings is 4. The highest BCUT2D eigenvalue weighted by Gasteiger charge is 2.39. The molecule has 11 heteroatoms. The number of phenolic OH excluding ortho intramolecular Hbond substituents is 1. The molecule has 4 aromatic carbocycles. The summed E-state index contributed by atoms with van der Waals surface area (Å²) in [5.41, 5.74) is 9.86. The van der Waals surface area contributed by atoms with Gasteiger partial charge in [0.25, 0.3) is 5.91 Å². The largest absolute Gasteiger partial charge is 0.508 e. The van der Waals surface area contributed by atoms with Crippen molar-refractivity contribution >= 4 is 34.6 Å². The number of phenols is 1. The van der Waals surface area contributed by atoms with Crippen molar-refractivity contribution in [2.75, 3.05) is 31.1 Å². The number of nitrogens with zero attached hydrogens (tertiary/aromatic N) is 5. The van der Waals surface area contributed by atoms with Crippen molar-refractivity contribution in [3.8, 4) is 11.5 Å². The lowest BCUT2D eigenvalue weighted by Crippen LogP contribution is -2.52. The summed E-state index contributed by atoms with van der Waals surface area (Å²) in [6.45, 7) is 6.91. The van der Waals surface area contributed by atoms with Gasteiger partial charge < -0.3 is 19.6 Å². The van der Waals surface area contributed by atoms with Crippen LogP contribution in [0.25, 0.3) is 11.1 Å². The molecule has 0 bridgehead atoms. The van der Waals surface area contributed by atoms with Crippen molar-refractivity contribution in [2.24, 2.45) is 0 Å². The zero-order chi connectivity index (χ0) is 38.6. The zero-order valence-corrected chi connectivity index (χ0v) is 31.4. The molecule has 11 nitrogen and oxygen atoms in total. The molecule has 0 aliphatic carbocycles. The molecule has 5 aromatic rings. The maximum absolute atomic E-state index is 13.1. The smallest absolute Gasteiger partial charge is 0.255 e. The first-order chi connectivity index (χ1) is 27.3. The minimum atomic E-state index is -0.614.